The summed E-state index contributed by atoms with van der Waals surface area (Å²) in [7, 11) is 0. The minimum Gasteiger partial charge on any atom is -0.480 e. The van der Waals surface area contributed by atoms with Crippen LogP contribution in [0.2, 0.25) is 0 Å². The summed E-state index contributed by atoms with van der Waals surface area (Å²) in [6.45, 7) is 7.91. The first-order valence-electron chi connectivity index (χ1n) is 11.7. The Hall–Kier alpha value is -3.25. The zero-order valence-electron chi connectivity index (χ0n) is 20.4. The van der Waals surface area contributed by atoms with Crippen LogP contribution in [0.4, 0.5) is 13.8 Å². The normalized spacial score (nSPS) is 15.6. The summed E-state index contributed by atoms with van der Waals surface area (Å²) in [5.74, 6) is -1.59. The minimum absolute atomic E-state index is 0.00821. The van der Waals surface area contributed by atoms with Crippen LogP contribution in [0.3, 0.4) is 0 Å². The Morgan fingerprint density at radius 1 is 1.41 bits per heavy atom. The SMILES string of the molecule is C=CCn1c(SCC(=O)Nc2sc3c(c2C(N)=O)CCC(C)C3)nnc1C(C)Oc1ccc(F)cc1F. The van der Waals surface area contributed by atoms with Crippen molar-refractivity contribution in [1.29, 1.82) is 0 Å². The van der Waals surface area contributed by atoms with Gasteiger partial charge in [0, 0.05) is 17.5 Å². The zero-order valence-corrected chi connectivity index (χ0v) is 22.1. The number of amides is 2. The van der Waals surface area contributed by atoms with Crippen LogP contribution >= 0.6 is 23.1 Å². The smallest absolute Gasteiger partial charge is 0.251 e. The molecule has 2 aromatic heterocycles. The molecule has 2 heterocycles. The number of ether oxygens (including phenoxy) is 1. The molecule has 2 amide bonds. The Morgan fingerprint density at radius 2 is 2.19 bits per heavy atom. The van der Waals surface area contributed by atoms with Crippen molar-refractivity contribution in [3.63, 3.8) is 0 Å². The van der Waals surface area contributed by atoms with E-state index in [1.165, 1.54) is 17.4 Å². The molecule has 196 valence electrons. The van der Waals surface area contributed by atoms with Crippen LogP contribution in [0, 0.1) is 17.6 Å². The second kappa shape index (κ2) is 11.4. The summed E-state index contributed by atoms with van der Waals surface area (Å²) < 4.78 is 34.6. The molecule has 2 unspecified atom stereocenters. The molecule has 0 saturated heterocycles. The molecule has 0 aliphatic heterocycles. The second-order valence-corrected chi connectivity index (χ2v) is 10.9. The van der Waals surface area contributed by atoms with Gasteiger partial charge in [0.15, 0.2) is 28.7 Å². The fourth-order valence-electron chi connectivity index (χ4n) is 4.21. The highest BCUT2D eigenvalue weighted by Gasteiger charge is 2.27. The Labute approximate surface area is 221 Å². The molecule has 1 aliphatic rings. The Balaban J connectivity index is 1.46. The minimum atomic E-state index is -0.826. The van der Waals surface area contributed by atoms with E-state index in [1.54, 1.807) is 17.6 Å². The molecule has 0 radical (unpaired) electrons. The standard InChI is InChI=1S/C25H27F2N5O3S2/c1-4-9-32-23(14(3)35-18-8-6-15(26)11-17(18)27)30-31-25(32)36-12-20(33)29-24-21(22(28)34)16-7-5-13(2)10-19(16)37-24/h4,6,8,11,13-14H,1,5,7,9-10,12H2,2-3H3,(H2,28,34)(H,29,33). The van der Waals surface area contributed by atoms with Gasteiger partial charge in [-0.3, -0.25) is 14.2 Å². The first-order chi connectivity index (χ1) is 17.7. The van der Waals surface area contributed by atoms with Gasteiger partial charge >= 0.3 is 0 Å². The molecule has 0 bridgehead atoms. The predicted octanol–water partition coefficient (Wildman–Crippen LogP) is 4.90. The number of anilines is 1. The van der Waals surface area contributed by atoms with Crippen molar-refractivity contribution in [2.45, 2.75) is 50.9 Å². The molecule has 2 atom stereocenters. The highest BCUT2D eigenvalue weighted by molar-refractivity contribution is 7.99. The first-order valence-corrected chi connectivity index (χ1v) is 13.5. The molecule has 37 heavy (non-hydrogen) atoms. The van der Waals surface area contributed by atoms with Gasteiger partial charge in [-0.05, 0) is 49.8 Å². The average molecular weight is 548 g/mol. The second-order valence-electron chi connectivity index (χ2n) is 8.83. The molecule has 8 nitrogen and oxygen atoms in total. The molecule has 1 aliphatic carbocycles. The Bertz CT molecular complexity index is 1340. The van der Waals surface area contributed by atoms with Crippen molar-refractivity contribution in [3.8, 4) is 5.75 Å². The molecule has 3 aromatic rings. The van der Waals surface area contributed by atoms with E-state index in [1.807, 2.05) is 0 Å². The number of halogens is 2. The van der Waals surface area contributed by atoms with Crippen molar-refractivity contribution in [2.24, 2.45) is 11.7 Å². The molecule has 0 saturated carbocycles. The van der Waals surface area contributed by atoms with E-state index in [0.29, 0.717) is 34.0 Å². The molecule has 12 heteroatoms. The number of rotatable bonds is 10. The lowest BCUT2D eigenvalue weighted by atomic mass is 9.88. The van der Waals surface area contributed by atoms with Crippen molar-refractivity contribution in [3.05, 3.63) is 64.3 Å². The molecule has 1 aromatic carbocycles. The van der Waals surface area contributed by atoms with Gasteiger partial charge in [-0.1, -0.05) is 24.8 Å². The van der Waals surface area contributed by atoms with Gasteiger partial charge in [0.25, 0.3) is 5.91 Å². The molecule has 3 N–H and O–H groups in total. The number of carbonyl (C=O) groups is 2. The maximum Gasteiger partial charge on any atom is 0.251 e. The van der Waals surface area contributed by atoms with E-state index in [9.17, 15) is 18.4 Å². The van der Waals surface area contributed by atoms with Crippen LogP contribution in [-0.2, 0) is 24.2 Å². The van der Waals surface area contributed by atoms with Crippen LogP contribution in [0.25, 0.3) is 0 Å². The third-order valence-corrected chi connectivity index (χ3v) is 8.10. The van der Waals surface area contributed by atoms with E-state index < -0.39 is 23.6 Å². The number of primary amides is 1. The first kappa shape index (κ1) is 26.8. The summed E-state index contributed by atoms with van der Waals surface area (Å²) in [6, 6.07) is 3.05. The van der Waals surface area contributed by atoms with Crippen molar-refractivity contribution < 1.29 is 23.1 Å². The van der Waals surface area contributed by atoms with E-state index in [2.05, 4.69) is 29.0 Å². The lowest BCUT2D eigenvalue weighted by Crippen LogP contribution is -2.20. The van der Waals surface area contributed by atoms with Gasteiger partial charge < -0.3 is 15.8 Å². The summed E-state index contributed by atoms with van der Waals surface area (Å²) in [4.78, 5) is 26.0. The lowest BCUT2D eigenvalue weighted by Gasteiger charge is -2.18. The van der Waals surface area contributed by atoms with Crippen molar-refractivity contribution in [2.75, 3.05) is 11.1 Å². The van der Waals surface area contributed by atoms with Crippen molar-refractivity contribution in [1.82, 2.24) is 14.8 Å². The number of allylic oxidation sites excluding steroid dienone is 1. The number of aromatic nitrogens is 3. The van der Waals surface area contributed by atoms with E-state index >= 15 is 0 Å². The summed E-state index contributed by atoms with van der Waals surface area (Å²) in [6.07, 6.45) is 3.53. The number of benzene rings is 1. The van der Waals surface area contributed by atoms with Crippen LogP contribution < -0.4 is 15.8 Å². The van der Waals surface area contributed by atoms with E-state index in [4.69, 9.17) is 10.5 Å². The number of nitrogens with zero attached hydrogens (tertiary/aromatic N) is 3. The number of nitrogens with two attached hydrogens (primary N) is 1. The number of fused-ring (bicyclic) bond motifs is 1. The van der Waals surface area contributed by atoms with Gasteiger partial charge in [-0.2, -0.15) is 0 Å². The van der Waals surface area contributed by atoms with Gasteiger partial charge in [-0.25, -0.2) is 8.78 Å². The molecular formula is C25H27F2N5O3S2. The summed E-state index contributed by atoms with van der Waals surface area (Å²) in [5.41, 5.74) is 6.99. The monoisotopic (exact) mass is 547 g/mol. The number of hydrogen-bond donors (Lipinski definition) is 2. The van der Waals surface area contributed by atoms with Crippen LogP contribution in [0.15, 0.2) is 36.0 Å². The van der Waals surface area contributed by atoms with Gasteiger partial charge in [0.05, 0.1) is 11.3 Å². The predicted molar refractivity (Wildman–Crippen MR) is 139 cm³/mol. The van der Waals surface area contributed by atoms with E-state index in [0.717, 1.165) is 53.6 Å². The fourth-order valence-corrected chi connectivity index (χ4v) is 6.40. The highest BCUT2D eigenvalue weighted by Crippen LogP contribution is 2.39. The number of nitrogens with one attached hydrogen (secondary N) is 1. The lowest BCUT2D eigenvalue weighted by molar-refractivity contribution is -0.113. The van der Waals surface area contributed by atoms with Crippen LogP contribution in [-0.4, -0.2) is 32.3 Å². The van der Waals surface area contributed by atoms with Crippen molar-refractivity contribution >= 4 is 39.9 Å². The maximum absolute atomic E-state index is 14.0. The fraction of sp³-hybridized carbons (Fsp3) is 0.360. The third-order valence-electron chi connectivity index (χ3n) is 5.96. The van der Waals surface area contributed by atoms with Gasteiger partial charge in [-0.15, -0.1) is 28.1 Å². The molecule has 0 fully saturated rings. The summed E-state index contributed by atoms with van der Waals surface area (Å²) in [5, 5.41) is 12.1. The number of thiophene rings is 1. The van der Waals surface area contributed by atoms with Gasteiger partial charge in [0.2, 0.25) is 5.91 Å². The van der Waals surface area contributed by atoms with E-state index in [-0.39, 0.29) is 17.4 Å². The van der Waals surface area contributed by atoms with Gasteiger partial charge in [0.1, 0.15) is 10.8 Å². The van der Waals surface area contributed by atoms with Crippen LogP contribution in [0.5, 0.6) is 5.75 Å². The molecule has 0 spiro atoms. The Morgan fingerprint density at radius 3 is 2.89 bits per heavy atom. The average Bonchev–Trinajstić information content (AvgIpc) is 3.40. The third kappa shape index (κ3) is 6.02. The quantitative estimate of drug-likeness (QED) is 0.276. The zero-order chi connectivity index (χ0) is 26.7. The largest absolute Gasteiger partial charge is 0.480 e. The number of thioether (sulfide) groups is 1. The number of hydrogen-bond acceptors (Lipinski definition) is 7. The Kier molecular flexibility index (Phi) is 8.28. The van der Waals surface area contributed by atoms with Crippen LogP contribution in [0.1, 0.15) is 53.0 Å². The highest BCUT2D eigenvalue weighted by atomic mass is 32.2. The molecular weight excluding hydrogens is 520 g/mol. The summed E-state index contributed by atoms with van der Waals surface area (Å²) >= 11 is 2.56. The number of carbonyl (C=O) groups excluding carboxylic acids is 2. The molecule has 4 rings (SSSR count). The maximum atomic E-state index is 14.0. The topological polar surface area (TPSA) is 112 Å².